The molecule has 0 bridgehead atoms. The minimum absolute atomic E-state index is 0. The Hall–Kier alpha value is -0.280. The van der Waals surface area contributed by atoms with Gasteiger partial charge >= 0.3 is 5.97 Å². The second kappa shape index (κ2) is 4.57. The molecule has 2 atom stereocenters. The van der Waals surface area contributed by atoms with Gasteiger partial charge in [0.25, 0.3) is 0 Å². The molecule has 0 unspecified atom stereocenters. The van der Waals surface area contributed by atoms with Gasteiger partial charge in [0.05, 0.1) is 5.92 Å². The zero-order valence-corrected chi connectivity index (χ0v) is 7.36. The minimum atomic E-state index is -0.644. The van der Waals surface area contributed by atoms with Crippen molar-refractivity contribution in [2.45, 2.75) is 13.3 Å². The number of rotatable bonds is 1. The van der Waals surface area contributed by atoms with Crippen LogP contribution in [0.3, 0.4) is 0 Å². The summed E-state index contributed by atoms with van der Waals surface area (Å²) in [7, 11) is 0. The predicted molar refractivity (Wildman–Crippen MR) is 45.0 cm³/mol. The summed E-state index contributed by atoms with van der Waals surface area (Å²) in [4.78, 5) is 10.5. The van der Waals surface area contributed by atoms with E-state index in [1.54, 1.807) is 0 Å². The van der Waals surface area contributed by atoms with E-state index in [2.05, 4.69) is 5.32 Å². The van der Waals surface area contributed by atoms with Gasteiger partial charge in [-0.3, -0.25) is 4.79 Å². The summed E-state index contributed by atoms with van der Waals surface area (Å²) in [6.45, 7) is 3.67. The lowest BCUT2D eigenvalue weighted by Crippen LogP contribution is -2.38. The van der Waals surface area contributed by atoms with Crippen molar-refractivity contribution in [2.24, 2.45) is 11.8 Å². The molecule has 0 amide bonds. The van der Waals surface area contributed by atoms with Gasteiger partial charge in [-0.2, -0.15) is 0 Å². The van der Waals surface area contributed by atoms with Gasteiger partial charge in [-0.1, -0.05) is 6.92 Å². The van der Waals surface area contributed by atoms with Crippen LogP contribution in [0.2, 0.25) is 0 Å². The van der Waals surface area contributed by atoms with Crippen LogP contribution in [0.5, 0.6) is 0 Å². The molecule has 0 aromatic rings. The average Bonchev–Trinajstić information content (AvgIpc) is 1.88. The van der Waals surface area contributed by atoms with Gasteiger partial charge in [-0.15, -0.1) is 12.4 Å². The van der Waals surface area contributed by atoms with Crippen molar-refractivity contribution in [1.29, 1.82) is 0 Å². The smallest absolute Gasteiger partial charge is 0.306 e. The Labute approximate surface area is 72.6 Å². The van der Waals surface area contributed by atoms with Crippen LogP contribution in [-0.2, 0) is 4.79 Å². The molecular weight excluding hydrogens is 166 g/mol. The Morgan fingerprint density at radius 3 is 2.64 bits per heavy atom. The largest absolute Gasteiger partial charge is 0.481 e. The van der Waals surface area contributed by atoms with Gasteiger partial charge in [0.15, 0.2) is 0 Å². The van der Waals surface area contributed by atoms with Crippen LogP contribution >= 0.6 is 12.4 Å². The first-order valence-corrected chi connectivity index (χ1v) is 3.65. The molecule has 11 heavy (non-hydrogen) atoms. The fourth-order valence-corrected chi connectivity index (χ4v) is 1.38. The monoisotopic (exact) mass is 179 g/mol. The SMILES string of the molecule is C[C@@H]1CNCC[C@H]1C(=O)O.Cl. The third-order valence-electron chi connectivity index (χ3n) is 2.10. The highest BCUT2D eigenvalue weighted by Gasteiger charge is 2.26. The van der Waals surface area contributed by atoms with E-state index < -0.39 is 5.97 Å². The van der Waals surface area contributed by atoms with E-state index in [1.165, 1.54) is 0 Å². The highest BCUT2D eigenvalue weighted by Crippen LogP contribution is 2.17. The Morgan fingerprint density at radius 1 is 1.64 bits per heavy atom. The van der Waals surface area contributed by atoms with E-state index in [0.717, 1.165) is 19.5 Å². The van der Waals surface area contributed by atoms with Crippen LogP contribution in [0.1, 0.15) is 13.3 Å². The topological polar surface area (TPSA) is 49.3 Å². The zero-order chi connectivity index (χ0) is 7.56. The van der Waals surface area contributed by atoms with Crippen molar-refractivity contribution in [3.63, 3.8) is 0 Å². The molecule has 1 heterocycles. The maximum Gasteiger partial charge on any atom is 0.306 e. The molecule has 66 valence electrons. The van der Waals surface area contributed by atoms with Crippen molar-refractivity contribution in [1.82, 2.24) is 5.32 Å². The first-order valence-electron chi connectivity index (χ1n) is 3.65. The maximum atomic E-state index is 10.5. The highest BCUT2D eigenvalue weighted by atomic mass is 35.5. The molecule has 1 aliphatic rings. The second-order valence-electron chi connectivity index (χ2n) is 2.91. The van der Waals surface area contributed by atoms with E-state index >= 15 is 0 Å². The number of aliphatic carboxylic acids is 1. The number of halogens is 1. The molecule has 1 saturated heterocycles. The van der Waals surface area contributed by atoms with Crippen LogP contribution in [-0.4, -0.2) is 24.2 Å². The number of piperidine rings is 1. The summed E-state index contributed by atoms with van der Waals surface area (Å²) in [5.74, 6) is -0.485. The molecule has 4 heteroatoms. The van der Waals surface area contributed by atoms with Crippen LogP contribution in [0.4, 0.5) is 0 Å². The van der Waals surface area contributed by atoms with Gasteiger partial charge < -0.3 is 10.4 Å². The third kappa shape index (κ3) is 2.67. The van der Waals surface area contributed by atoms with Gasteiger partial charge in [0, 0.05) is 0 Å². The summed E-state index contributed by atoms with van der Waals surface area (Å²) < 4.78 is 0. The van der Waals surface area contributed by atoms with Crippen molar-refractivity contribution in [3.05, 3.63) is 0 Å². The van der Waals surface area contributed by atoms with Crippen molar-refractivity contribution >= 4 is 18.4 Å². The molecule has 0 spiro atoms. The minimum Gasteiger partial charge on any atom is -0.481 e. The quantitative estimate of drug-likeness (QED) is 0.624. The Morgan fingerprint density at radius 2 is 2.27 bits per heavy atom. The lowest BCUT2D eigenvalue weighted by molar-refractivity contribution is -0.144. The number of nitrogens with one attached hydrogen (secondary N) is 1. The lowest BCUT2D eigenvalue weighted by atomic mass is 9.88. The number of carboxylic acid groups (broad SMARTS) is 1. The molecule has 3 nitrogen and oxygen atoms in total. The molecule has 2 N–H and O–H groups in total. The van der Waals surface area contributed by atoms with Gasteiger partial charge in [-0.25, -0.2) is 0 Å². The summed E-state index contributed by atoms with van der Waals surface area (Å²) >= 11 is 0. The first kappa shape index (κ1) is 10.7. The number of hydrogen-bond acceptors (Lipinski definition) is 2. The Bertz CT molecular complexity index is 140. The number of carbonyl (C=O) groups is 1. The summed E-state index contributed by atoms with van der Waals surface area (Å²) in [5, 5.41) is 11.8. The molecule has 0 saturated carbocycles. The predicted octanol–water partition coefficient (Wildman–Crippen LogP) is 0.738. The Balaban J connectivity index is 0.000001000. The normalized spacial score (nSPS) is 30.6. The van der Waals surface area contributed by atoms with Crippen LogP contribution in [0.15, 0.2) is 0 Å². The first-order chi connectivity index (χ1) is 4.72. The van der Waals surface area contributed by atoms with Gasteiger partial charge in [0.1, 0.15) is 0 Å². The van der Waals surface area contributed by atoms with E-state index in [1.807, 2.05) is 6.92 Å². The maximum absolute atomic E-state index is 10.5. The van der Waals surface area contributed by atoms with E-state index in [4.69, 9.17) is 5.11 Å². The fraction of sp³-hybridized carbons (Fsp3) is 0.857. The Kier molecular flexibility index (Phi) is 4.45. The van der Waals surface area contributed by atoms with Crippen molar-refractivity contribution < 1.29 is 9.90 Å². The summed E-state index contributed by atoms with van der Waals surface area (Å²) in [6, 6.07) is 0. The molecule has 0 aromatic carbocycles. The average molecular weight is 180 g/mol. The number of carboxylic acids is 1. The standard InChI is InChI=1S/C7H13NO2.ClH/c1-5-4-8-3-2-6(5)7(9)10;/h5-6,8H,2-4H2,1H3,(H,9,10);1H/t5-,6-;/m1./s1. The summed E-state index contributed by atoms with van der Waals surface area (Å²) in [5.41, 5.74) is 0. The van der Waals surface area contributed by atoms with Crippen LogP contribution < -0.4 is 5.32 Å². The zero-order valence-electron chi connectivity index (χ0n) is 6.54. The summed E-state index contributed by atoms with van der Waals surface area (Å²) in [6.07, 6.45) is 0.774. The molecule has 1 rings (SSSR count). The van der Waals surface area contributed by atoms with E-state index in [-0.39, 0.29) is 24.2 Å². The van der Waals surface area contributed by atoms with Crippen LogP contribution in [0.25, 0.3) is 0 Å². The fourth-order valence-electron chi connectivity index (χ4n) is 1.38. The van der Waals surface area contributed by atoms with E-state index in [0.29, 0.717) is 0 Å². The van der Waals surface area contributed by atoms with Crippen LogP contribution in [0, 0.1) is 11.8 Å². The molecule has 1 fully saturated rings. The highest BCUT2D eigenvalue weighted by molar-refractivity contribution is 5.85. The van der Waals surface area contributed by atoms with Gasteiger partial charge in [0.2, 0.25) is 0 Å². The van der Waals surface area contributed by atoms with Crippen molar-refractivity contribution in [3.8, 4) is 0 Å². The molecule has 0 radical (unpaired) electrons. The van der Waals surface area contributed by atoms with Crippen molar-refractivity contribution in [2.75, 3.05) is 13.1 Å². The molecule has 1 aliphatic heterocycles. The molecular formula is C7H14ClNO2. The lowest BCUT2D eigenvalue weighted by Gasteiger charge is -2.25. The molecule has 0 aromatic heterocycles. The van der Waals surface area contributed by atoms with Gasteiger partial charge in [-0.05, 0) is 25.4 Å². The van der Waals surface area contributed by atoms with E-state index in [9.17, 15) is 4.79 Å². The second-order valence-corrected chi connectivity index (χ2v) is 2.91. The number of hydrogen-bond donors (Lipinski definition) is 2. The molecule has 0 aliphatic carbocycles. The third-order valence-corrected chi connectivity index (χ3v) is 2.10.